The van der Waals surface area contributed by atoms with E-state index < -0.39 is 5.60 Å². The van der Waals surface area contributed by atoms with Crippen molar-refractivity contribution in [3.63, 3.8) is 0 Å². The number of hydrogen-bond donors (Lipinski definition) is 2. The second-order valence-corrected chi connectivity index (χ2v) is 11.5. The van der Waals surface area contributed by atoms with Gasteiger partial charge in [-0.05, 0) is 102 Å². The second-order valence-electron chi connectivity index (χ2n) is 10.8. The van der Waals surface area contributed by atoms with Gasteiger partial charge in [-0.3, -0.25) is 5.14 Å². The number of nitrogens with one attached hydrogen (secondary N) is 1. The fraction of sp³-hybridized carbons (Fsp3) is 0.556. The third-order valence-electron chi connectivity index (χ3n) is 6.50. The quantitative estimate of drug-likeness (QED) is 0.417. The molecule has 186 valence electrons. The molecule has 6 nitrogen and oxygen atoms in total. The van der Waals surface area contributed by atoms with Gasteiger partial charge in [0.2, 0.25) is 0 Å². The van der Waals surface area contributed by atoms with Crippen LogP contribution in [0.4, 0.5) is 10.6 Å². The maximum absolute atomic E-state index is 13.0. The Bertz CT molecular complexity index is 930. The van der Waals surface area contributed by atoms with E-state index in [1.165, 1.54) is 5.56 Å². The van der Waals surface area contributed by atoms with E-state index in [1.54, 1.807) is 0 Å². The van der Waals surface area contributed by atoms with Crippen LogP contribution in [-0.2, 0) is 11.2 Å². The highest BCUT2D eigenvalue weighted by Gasteiger charge is 2.45. The molecule has 0 bridgehead atoms. The summed E-state index contributed by atoms with van der Waals surface area (Å²) < 4.78 is 5.73. The van der Waals surface area contributed by atoms with E-state index >= 15 is 0 Å². The molecule has 34 heavy (non-hydrogen) atoms. The first kappa shape index (κ1) is 26.4. The van der Waals surface area contributed by atoms with Crippen molar-refractivity contribution in [2.45, 2.75) is 76.5 Å². The van der Waals surface area contributed by atoms with Gasteiger partial charge in [0.1, 0.15) is 16.4 Å². The minimum absolute atomic E-state index is 0.208. The summed E-state index contributed by atoms with van der Waals surface area (Å²) >= 11 is 1.15. The molecule has 0 saturated carbocycles. The number of ether oxygens (including phenoxy) is 1. The molecule has 7 heteroatoms. The van der Waals surface area contributed by atoms with Crippen molar-refractivity contribution >= 4 is 23.9 Å². The van der Waals surface area contributed by atoms with Gasteiger partial charge in [0.05, 0.1) is 0 Å². The van der Waals surface area contributed by atoms with Crippen LogP contribution in [0.5, 0.6) is 0 Å². The minimum atomic E-state index is -0.495. The molecule has 3 N–H and O–H groups in total. The number of likely N-dealkylation sites (tertiary alicyclic amines) is 1. The predicted molar refractivity (Wildman–Crippen MR) is 141 cm³/mol. The lowest BCUT2D eigenvalue weighted by atomic mass is 9.81. The molecule has 1 aromatic carbocycles. The fourth-order valence-corrected chi connectivity index (χ4v) is 5.14. The topological polar surface area (TPSA) is 80.5 Å². The van der Waals surface area contributed by atoms with Crippen LogP contribution in [0.3, 0.4) is 0 Å². The number of nitrogens with zero attached hydrogens (tertiary/aromatic N) is 2. The van der Waals surface area contributed by atoms with Gasteiger partial charge < -0.3 is 15.0 Å². The summed E-state index contributed by atoms with van der Waals surface area (Å²) in [5.41, 5.74) is 0.640. The maximum Gasteiger partial charge on any atom is 0.410 e. The SMILES string of the molecule is CC(C)(C)OC(=O)N1CC(C(CCNc2cccc(SN)n2)CCc2ccccc2)CC1(C)C. The van der Waals surface area contributed by atoms with Gasteiger partial charge in [0.25, 0.3) is 0 Å². The Labute approximate surface area is 209 Å². The summed E-state index contributed by atoms with van der Waals surface area (Å²) in [7, 11) is 0. The van der Waals surface area contributed by atoms with Crippen molar-refractivity contribution < 1.29 is 9.53 Å². The summed E-state index contributed by atoms with van der Waals surface area (Å²) in [5.74, 6) is 1.75. The van der Waals surface area contributed by atoms with Gasteiger partial charge in [0.15, 0.2) is 0 Å². The van der Waals surface area contributed by atoms with E-state index in [1.807, 2.05) is 43.9 Å². The van der Waals surface area contributed by atoms with Crippen LogP contribution in [0.15, 0.2) is 53.6 Å². The van der Waals surface area contributed by atoms with Crippen molar-refractivity contribution in [2.75, 3.05) is 18.4 Å². The number of amides is 1. The largest absolute Gasteiger partial charge is 0.444 e. The molecule has 3 rings (SSSR count). The predicted octanol–water partition coefficient (Wildman–Crippen LogP) is 6.13. The average molecular weight is 485 g/mol. The molecule has 2 unspecified atom stereocenters. The van der Waals surface area contributed by atoms with Crippen molar-refractivity contribution in [3.05, 3.63) is 54.1 Å². The van der Waals surface area contributed by atoms with Crippen LogP contribution in [0.1, 0.15) is 59.4 Å². The van der Waals surface area contributed by atoms with Gasteiger partial charge in [-0.1, -0.05) is 36.4 Å². The zero-order valence-corrected chi connectivity index (χ0v) is 22.0. The normalized spacial score (nSPS) is 18.5. The Kier molecular flexibility index (Phi) is 8.88. The number of carbonyl (C=O) groups is 1. The number of aryl methyl sites for hydroxylation is 1. The molecule has 0 aliphatic carbocycles. The standard InChI is InChI=1S/C27H40N4O2S/c1-26(2,3)33-25(32)31-19-22(18-27(31,4)5)21(15-14-20-10-7-6-8-11-20)16-17-29-23-12-9-13-24(30-23)34-28/h6-13,21-22H,14-19,28H2,1-5H3,(H,29,30). The van der Waals surface area contributed by atoms with E-state index in [4.69, 9.17) is 9.88 Å². The van der Waals surface area contributed by atoms with E-state index in [0.717, 1.165) is 61.6 Å². The van der Waals surface area contributed by atoms with Crippen LogP contribution >= 0.6 is 11.9 Å². The highest BCUT2D eigenvalue weighted by atomic mass is 32.2. The van der Waals surface area contributed by atoms with Crippen molar-refractivity contribution in [2.24, 2.45) is 17.0 Å². The van der Waals surface area contributed by atoms with E-state index in [9.17, 15) is 4.79 Å². The number of carbonyl (C=O) groups excluding carboxylic acids is 1. The molecule has 1 saturated heterocycles. The zero-order chi connectivity index (χ0) is 24.8. The third kappa shape index (κ3) is 7.64. The smallest absolute Gasteiger partial charge is 0.410 e. The van der Waals surface area contributed by atoms with E-state index in [-0.39, 0.29) is 11.6 Å². The van der Waals surface area contributed by atoms with Gasteiger partial charge in [-0.15, -0.1) is 0 Å². The highest BCUT2D eigenvalue weighted by molar-refractivity contribution is 7.97. The third-order valence-corrected chi connectivity index (χ3v) is 6.97. The summed E-state index contributed by atoms with van der Waals surface area (Å²) in [6, 6.07) is 16.5. The molecular formula is C27H40N4O2S. The molecule has 1 aromatic heterocycles. The molecular weight excluding hydrogens is 444 g/mol. The van der Waals surface area contributed by atoms with Crippen LogP contribution < -0.4 is 10.5 Å². The molecule has 0 radical (unpaired) electrons. The summed E-state index contributed by atoms with van der Waals surface area (Å²) in [6.45, 7) is 11.6. The van der Waals surface area contributed by atoms with Crippen molar-refractivity contribution in [3.8, 4) is 0 Å². The molecule has 1 aliphatic heterocycles. The summed E-state index contributed by atoms with van der Waals surface area (Å²) in [4.78, 5) is 19.4. The molecule has 1 fully saturated rings. The van der Waals surface area contributed by atoms with E-state index in [0.29, 0.717) is 11.8 Å². The molecule has 0 spiro atoms. The molecule has 2 atom stereocenters. The Hall–Kier alpha value is -2.25. The molecule has 2 aromatic rings. The van der Waals surface area contributed by atoms with Crippen LogP contribution in [-0.4, -0.2) is 40.2 Å². The number of benzene rings is 1. The van der Waals surface area contributed by atoms with Gasteiger partial charge in [0, 0.05) is 18.6 Å². The number of pyridine rings is 1. The lowest BCUT2D eigenvalue weighted by molar-refractivity contribution is 0.0129. The first-order valence-corrected chi connectivity index (χ1v) is 13.1. The van der Waals surface area contributed by atoms with Crippen molar-refractivity contribution in [1.29, 1.82) is 0 Å². The number of aromatic nitrogens is 1. The van der Waals surface area contributed by atoms with Gasteiger partial charge >= 0.3 is 6.09 Å². The average Bonchev–Trinajstić information content (AvgIpc) is 3.11. The second kappa shape index (κ2) is 11.5. The number of nitrogens with two attached hydrogens (primary N) is 1. The van der Waals surface area contributed by atoms with Crippen LogP contribution in [0, 0.1) is 11.8 Å². The van der Waals surface area contributed by atoms with Gasteiger partial charge in [-0.2, -0.15) is 0 Å². The molecule has 1 aliphatic rings. The Morgan fingerprint density at radius 2 is 1.94 bits per heavy atom. The number of rotatable bonds is 9. The lowest BCUT2D eigenvalue weighted by Crippen LogP contribution is -2.45. The Balaban J connectivity index is 1.68. The van der Waals surface area contributed by atoms with Crippen LogP contribution in [0.2, 0.25) is 0 Å². The van der Waals surface area contributed by atoms with Crippen LogP contribution in [0.25, 0.3) is 0 Å². The summed E-state index contributed by atoms with van der Waals surface area (Å²) in [6.07, 6.45) is 3.90. The minimum Gasteiger partial charge on any atom is -0.444 e. The lowest BCUT2D eigenvalue weighted by Gasteiger charge is -2.33. The summed E-state index contributed by atoms with van der Waals surface area (Å²) in [5, 5.41) is 9.93. The highest BCUT2D eigenvalue weighted by Crippen LogP contribution is 2.40. The Morgan fingerprint density at radius 1 is 1.21 bits per heavy atom. The maximum atomic E-state index is 13.0. The molecule has 1 amide bonds. The zero-order valence-electron chi connectivity index (χ0n) is 21.2. The van der Waals surface area contributed by atoms with Gasteiger partial charge in [-0.25, -0.2) is 9.78 Å². The number of hydrogen-bond acceptors (Lipinski definition) is 6. The molecule has 2 heterocycles. The Morgan fingerprint density at radius 3 is 2.62 bits per heavy atom. The number of anilines is 1. The monoisotopic (exact) mass is 484 g/mol. The fourth-order valence-electron chi connectivity index (χ4n) is 4.83. The van der Waals surface area contributed by atoms with E-state index in [2.05, 4.69) is 54.5 Å². The first-order valence-electron chi connectivity index (χ1n) is 12.2. The van der Waals surface area contributed by atoms with Crippen molar-refractivity contribution in [1.82, 2.24) is 9.88 Å². The first-order chi connectivity index (χ1) is 16.1.